The highest BCUT2D eigenvalue weighted by atomic mass is 16.6. The summed E-state index contributed by atoms with van der Waals surface area (Å²) in [5, 5.41) is 0. The zero-order chi connectivity index (χ0) is 36.4. The summed E-state index contributed by atoms with van der Waals surface area (Å²) in [6, 6.07) is 0. The summed E-state index contributed by atoms with van der Waals surface area (Å²) in [6.45, 7) is 7.82. The first-order valence-corrected chi connectivity index (χ1v) is 22.6. The van der Waals surface area contributed by atoms with Crippen molar-refractivity contribution >= 4 is 11.9 Å². The van der Waals surface area contributed by atoms with Crippen LogP contribution in [0.15, 0.2) is 0 Å². The van der Waals surface area contributed by atoms with Gasteiger partial charge in [0.25, 0.3) is 0 Å². The molecule has 298 valence electrons. The van der Waals surface area contributed by atoms with Crippen LogP contribution in [0, 0.1) is 0 Å². The standard InChI is InChI=1S/C45H88O5/c1-4-7-10-13-16-18-19-20-21-22-23-24-25-26-28-31-34-37-40-48-41-43(50-45(47)39-36-33-29-15-12-9-6-3)42-49-44(46)38-35-32-30-27-17-14-11-8-5-2/h43H,4-42H2,1-3H3. The fourth-order valence-corrected chi connectivity index (χ4v) is 6.75. The van der Waals surface area contributed by atoms with Gasteiger partial charge in [0.1, 0.15) is 6.61 Å². The van der Waals surface area contributed by atoms with E-state index in [1.807, 2.05) is 0 Å². The van der Waals surface area contributed by atoms with Crippen molar-refractivity contribution in [2.24, 2.45) is 0 Å². The number of carbonyl (C=O) groups excluding carboxylic acids is 2. The van der Waals surface area contributed by atoms with Gasteiger partial charge in [-0.3, -0.25) is 9.59 Å². The van der Waals surface area contributed by atoms with E-state index in [1.54, 1.807) is 0 Å². The molecule has 0 radical (unpaired) electrons. The van der Waals surface area contributed by atoms with Gasteiger partial charge in [0, 0.05) is 19.4 Å². The molecular weight excluding hydrogens is 620 g/mol. The second-order valence-electron chi connectivity index (χ2n) is 15.3. The lowest BCUT2D eigenvalue weighted by Crippen LogP contribution is -2.30. The maximum absolute atomic E-state index is 12.6. The average Bonchev–Trinajstić information content (AvgIpc) is 3.11. The van der Waals surface area contributed by atoms with Crippen molar-refractivity contribution < 1.29 is 23.8 Å². The van der Waals surface area contributed by atoms with Crippen LogP contribution in [0.3, 0.4) is 0 Å². The number of hydrogen-bond acceptors (Lipinski definition) is 5. The van der Waals surface area contributed by atoms with E-state index in [0.29, 0.717) is 26.1 Å². The summed E-state index contributed by atoms with van der Waals surface area (Å²) in [4.78, 5) is 25.0. The molecule has 0 bridgehead atoms. The Kier molecular flexibility index (Phi) is 41.4. The third-order valence-electron chi connectivity index (χ3n) is 10.1. The van der Waals surface area contributed by atoms with Gasteiger partial charge in [-0.25, -0.2) is 0 Å². The van der Waals surface area contributed by atoms with Gasteiger partial charge in [-0.2, -0.15) is 0 Å². The van der Waals surface area contributed by atoms with Gasteiger partial charge in [-0.1, -0.05) is 220 Å². The highest BCUT2D eigenvalue weighted by Gasteiger charge is 2.17. The highest BCUT2D eigenvalue weighted by Crippen LogP contribution is 2.15. The molecule has 0 aliphatic heterocycles. The van der Waals surface area contributed by atoms with E-state index < -0.39 is 6.10 Å². The predicted octanol–water partition coefficient (Wildman–Crippen LogP) is 14.6. The molecule has 0 rings (SSSR count). The van der Waals surface area contributed by atoms with Crippen LogP contribution in [0.4, 0.5) is 0 Å². The van der Waals surface area contributed by atoms with Gasteiger partial charge < -0.3 is 14.2 Å². The van der Waals surface area contributed by atoms with Crippen molar-refractivity contribution in [3.05, 3.63) is 0 Å². The molecule has 0 aliphatic rings. The Bertz CT molecular complexity index is 680. The Balaban J connectivity index is 4.02. The van der Waals surface area contributed by atoms with E-state index in [0.717, 1.165) is 32.1 Å². The Morgan fingerprint density at radius 2 is 0.660 bits per heavy atom. The van der Waals surface area contributed by atoms with Crippen LogP contribution in [0.2, 0.25) is 0 Å². The molecule has 0 spiro atoms. The van der Waals surface area contributed by atoms with Gasteiger partial charge >= 0.3 is 11.9 Å². The summed E-state index contributed by atoms with van der Waals surface area (Å²) >= 11 is 0. The maximum atomic E-state index is 12.6. The van der Waals surface area contributed by atoms with E-state index in [-0.39, 0.29) is 18.5 Å². The molecular formula is C45H88O5. The van der Waals surface area contributed by atoms with Crippen LogP contribution in [-0.2, 0) is 23.8 Å². The molecule has 1 atom stereocenters. The first-order chi connectivity index (χ1) is 24.6. The molecule has 0 aromatic heterocycles. The molecule has 0 fully saturated rings. The van der Waals surface area contributed by atoms with Gasteiger partial charge in [0.05, 0.1) is 6.61 Å². The van der Waals surface area contributed by atoms with Crippen LogP contribution >= 0.6 is 0 Å². The van der Waals surface area contributed by atoms with Crippen molar-refractivity contribution in [1.82, 2.24) is 0 Å². The fourth-order valence-electron chi connectivity index (χ4n) is 6.75. The third-order valence-corrected chi connectivity index (χ3v) is 10.1. The quantitative estimate of drug-likeness (QED) is 0.0466. The Morgan fingerprint density at radius 1 is 0.360 bits per heavy atom. The van der Waals surface area contributed by atoms with E-state index >= 15 is 0 Å². The molecule has 50 heavy (non-hydrogen) atoms. The van der Waals surface area contributed by atoms with Gasteiger partial charge in [0.2, 0.25) is 0 Å². The summed E-state index contributed by atoms with van der Waals surface area (Å²) in [7, 11) is 0. The average molecular weight is 709 g/mol. The van der Waals surface area contributed by atoms with E-state index in [1.165, 1.54) is 186 Å². The number of carbonyl (C=O) groups is 2. The molecule has 0 amide bonds. The lowest BCUT2D eigenvalue weighted by Gasteiger charge is -2.18. The molecule has 0 saturated carbocycles. The lowest BCUT2D eigenvalue weighted by molar-refractivity contribution is -0.163. The molecule has 1 unspecified atom stereocenters. The predicted molar refractivity (Wildman–Crippen MR) is 215 cm³/mol. The minimum absolute atomic E-state index is 0.0954. The van der Waals surface area contributed by atoms with Crippen molar-refractivity contribution in [1.29, 1.82) is 0 Å². The van der Waals surface area contributed by atoms with Gasteiger partial charge in [0.15, 0.2) is 6.10 Å². The first kappa shape index (κ1) is 48.9. The SMILES string of the molecule is CCCCCCCCCCCCCCCCCCCCOCC(COC(=O)CCCCCCCCCCC)OC(=O)CCCCCCCCC. The maximum Gasteiger partial charge on any atom is 0.306 e. The molecule has 5 heteroatoms. The minimum atomic E-state index is -0.519. The molecule has 0 heterocycles. The topological polar surface area (TPSA) is 61.8 Å². The molecule has 0 aromatic rings. The van der Waals surface area contributed by atoms with Crippen molar-refractivity contribution in [3.63, 3.8) is 0 Å². The Hall–Kier alpha value is -1.10. The van der Waals surface area contributed by atoms with E-state index in [2.05, 4.69) is 20.8 Å². The summed E-state index contributed by atoms with van der Waals surface area (Å²) in [5.41, 5.74) is 0. The monoisotopic (exact) mass is 709 g/mol. The zero-order valence-corrected chi connectivity index (χ0v) is 34.2. The molecule has 0 N–H and O–H groups in total. The Labute approximate surface area is 312 Å². The van der Waals surface area contributed by atoms with Crippen molar-refractivity contribution in [2.75, 3.05) is 19.8 Å². The second-order valence-corrected chi connectivity index (χ2v) is 15.3. The van der Waals surface area contributed by atoms with Crippen LogP contribution in [0.1, 0.15) is 252 Å². The van der Waals surface area contributed by atoms with E-state index in [4.69, 9.17) is 14.2 Å². The number of ether oxygens (including phenoxy) is 3. The fraction of sp³-hybridized carbons (Fsp3) is 0.956. The van der Waals surface area contributed by atoms with Crippen LogP contribution < -0.4 is 0 Å². The normalized spacial score (nSPS) is 12.0. The molecule has 0 aliphatic carbocycles. The smallest absolute Gasteiger partial charge is 0.306 e. The number of rotatable bonds is 42. The molecule has 0 aromatic carbocycles. The van der Waals surface area contributed by atoms with Gasteiger partial charge in [-0.15, -0.1) is 0 Å². The van der Waals surface area contributed by atoms with Crippen molar-refractivity contribution in [3.8, 4) is 0 Å². The largest absolute Gasteiger partial charge is 0.462 e. The summed E-state index contributed by atoms with van der Waals surface area (Å²) < 4.78 is 17.2. The number of hydrogen-bond donors (Lipinski definition) is 0. The number of unbranched alkanes of at least 4 members (excludes halogenated alkanes) is 31. The lowest BCUT2D eigenvalue weighted by atomic mass is 10.0. The third kappa shape index (κ3) is 39.7. The van der Waals surface area contributed by atoms with Crippen LogP contribution in [0.5, 0.6) is 0 Å². The number of esters is 2. The zero-order valence-electron chi connectivity index (χ0n) is 34.2. The van der Waals surface area contributed by atoms with Crippen molar-refractivity contribution in [2.45, 2.75) is 258 Å². The minimum Gasteiger partial charge on any atom is -0.462 e. The second kappa shape index (κ2) is 42.3. The van der Waals surface area contributed by atoms with Crippen LogP contribution in [0.25, 0.3) is 0 Å². The Morgan fingerprint density at radius 3 is 1.02 bits per heavy atom. The molecule has 0 saturated heterocycles. The van der Waals surface area contributed by atoms with Crippen LogP contribution in [-0.4, -0.2) is 37.9 Å². The summed E-state index contributed by atoms with van der Waals surface area (Å²) in [5.74, 6) is -0.389. The highest BCUT2D eigenvalue weighted by molar-refractivity contribution is 5.70. The molecule has 5 nitrogen and oxygen atoms in total. The van der Waals surface area contributed by atoms with E-state index in [9.17, 15) is 9.59 Å². The van der Waals surface area contributed by atoms with Gasteiger partial charge in [-0.05, 0) is 19.3 Å². The first-order valence-electron chi connectivity index (χ1n) is 22.6. The summed E-state index contributed by atoms with van der Waals surface area (Å²) in [6.07, 6.45) is 44.0.